The van der Waals surface area contributed by atoms with Crippen molar-refractivity contribution in [2.24, 2.45) is 4.99 Å². The van der Waals surface area contributed by atoms with E-state index in [1.165, 1.54) is 12.8 Å². The first kappa shape index (κ1) is 11.0. The van der Waals surface area contributed by atoms with Gasteiger partial charge in [0.05, 0.1) is 5.69 Å². The molecule has 1 aromatic rings. The first-order valence-corrected chi connectivity index (χ1v) is 6.18. The molecule has 0 atom stereocenters. The fraction of sp³-hybridized carbons (Fsp3) is 0.364. The fourth-order valence-corrected chi connectivity index (χ4v) is 2.07. The largest absolute Gasteiger partial charge is 0.343 e. The van der Waals surface area contributed by atoms with Crippen molar-refractivity contribution in [3.63, 3.8) is 0 Å². The number of nitrogens with one attached hydrogen (secondary N) is 1. The summed E-state index contributed by atoms with van der Waals surface area (Å²) in [7, 11) is 0. The Bertz CT molecular complexity index is 390. The van der Waals surface area contributed by atoms with Crippen LogP contribution in [0.5, 0.6) is 0 Å². The van der Waals surface area contributed by atoms with E-state index in [2.05, 4.69) is 26.2 Å². The topological polar surface area (TPSA) is 24.4 Å². The molecule has 1 heterocycles. The standard InChI is InChI=1S/C11H12BrClN2/c12-9-5-4-8(13)7-10(9)15-11-3-1-2-6-14-11/h4-5,7H,1-3,6H2,(H,14,15). The van der Waals surface area contributed by atoms with Gasteiger partial charge in [-0.3, -0.25) is 4.99 Å². The molecule has 1 N–H and O–H groups in total. The molecule has 0 saturated carbocycles. The number of anilines is 1. The third-order valence-corrected chi connectivity index (χ3v) is 3.26. The molecule has 2 rings (SSSR count). The van der Waals surface area contributed by atoms with Crippen LogP contribution in [-0.2, 0) is 0 Å². The number of halogens is 2. The lowest BCUT2D eigenvalue weighted by Crippen LogP contribution is -2.16. The van der Waals surface area contributed by atoms with Crippen molar-refractivity contribution in [3.8, 4) is 0 Å². The molecule has 0 bridgehead atoms. The Balaban J connectivity index is 2.15. The summed E-state index contributed by atoms with van der Waals surface area (Å²) in [6, 6.07) is 5.70. The van der Waals surface area contributed by atoms with Gasteiger partial charge in [-0.1, -0.05) is 11.6 Å². The van der Waals surface area contributed by atoms with Crippen LogP contribution in [0.15, 0.2) is 27.7 Å². The van der Waals surface area contributed by atoms with Gasteiger partial charge in [-0.05, 0) is 47.0 Å². The van der Waals surface area contributed by atoms with Gasteiger partial charge in [-0.2, -0.15) is 0 Å². The molecule has 80 valence electrons. The normalized spacial score (nSPS) is 16.0. The van der Waals surface area contributed by atoms with Crippen molar-refractivity contribution in [3.05, 3.63) is 27.7 Å². The Morgan fingerprint density at radius 2 is 2.20 bits per heavy atom. The van der Waals surface area contributed by atoms with Gasteiger partial charge in [0, 0.05) is 22.5 Å². The van der Waals surface area contributed by atoms with E-state index in [0.717, 1.165) is 34.0 Å². The minimum atomic E-state index is 0.733. The molecule has 0 unspecified atom stereocenters. The van der Waals surface area contributed by atoms with E-state index in [-0.39, 0.29) is 0 Å². The summed E-state index contributed by atoms with van der Waals surface area (Å²) < 4.78 is 1.01. The third-order valence-electron chi connectivity index (χ3n) is 2.33. The molecular formula is C11H12BrClN2. The molecule has 4 heteroatoms. The monoisotopic (exact) mass is 286 g/mol. The predicted molar refractivity (Wildman–Crippen MR) is 68.9 cm³/mol. The van der Waals surface area contributed by atoms with Gasteiger partial charge in [0.1, 0.15) is 5.84 Å². The molecule has 0 aliphatic carbocycles. The van der Waals surface area contributed by atoms with Gasteiger partial charge >= 0.3 is 0 Å². The van der Waals surface area contributed by atoms with Gasteiger partial charge in [0.25, 0.3) is 0 Å². The van der Waals surface area contributed by atoms with Crippen LogP contribution in [0.25, 0.3) is 0 Å². The lowest BCUT2D eigenvalue weighted by Gasteiger charge is -2.15. The van der Waals surface area contributed by atoms with Crippen molar-refractivity contribution < 1.29 is 0 Å². The molecular weight excluding hydrogens is 275 g/mol. The lowest BCUT2D eigenvalue weighted by atomic mass is 10.2. The highest BCUT2D eigenvalue weighted by Crippen LogP contribution is 2.26. The second kappa shape index (κ2) is 4.99. The summed E-state index contributed by atoms with van der Waals surface area (Å²) >= 11 is 9.41. The third kappa shape index (κ3) is 2.95. The Kier molecular flexibility index (Phi) is 3.65. The summed E-state index contributed by atoms with van der Waals surface area (Å²) in [5, 5.41) is 4.04. The molecule has 0 aromatic heterocycles. The SMILES string of the molecule is Clc1ccc(Br)c(NC2=NCCCC2)c1. The molecule has 0 fully saturated rings. The number of rotatable bonds is 1. The Hall–Kier alpha value is -0.540. The highest BCUT2D eigenvalue weighted by molar-refractivity contribution is 9.10. The van der Waals surface area contributed by atoms with Crippen LogP contribution >= 0.6 is 27.5 Å². The van der Waals surface area contributed by atoms with Crippen molar-refractivity contribution in [2.75, 3.05) is 11.9 Å². The zero-order chi connectivity index (χ0) is 10.7. The number of hydrogen-bond donors (Lipinski definition) is 1. The summed E-state index contributed by atoms with van der Waals surface area (Å²) in [6.45, 7) is 0.931. The maximum absolute atomic E-state index is 5.93. The van der Waals surface area contributed by atoms with Gasteiger partial charge in [0.2, 0.25) is 0 Å². The summed E-state index contributed by atoms with van der Waals surface area (Å²) in [5.41, 5.74) is 0.989. The second-order valence-corrected chi connectivity index (χ2v) is 4.83. The van der Waals surface area contributed by atoms with Crippen LogP contribution in [0, 0.1) is 0 Å². The van der Waals surface area contributed by atoms with E-state index in [4.69, 9.17) is 11.6 Å². The molecule has 1 aliphatic rings. The zero-order valence-corrected chi connectivity index (χ0v) is 10.6. The highest BCUT2D eigenvalue weighted by atomic mass is 79.9. The zero-order valence-electron chi connectivity index (χ0n) is 8.26. The molecule has 1 aliphatic heterocycles. The van der Waals surface area contributed by atoms with Crippen molar-refractivity contribution in [1.29, 1.82) is 0 Å². The van der Waals surface area contributed by atoms with Crippen molar-refractivity contribution >= 4 is 39.1 Å². The molecule has 0 amide bonds. The fourth-order valence-electron chi connectivity index (χ4n) is 1.55. The smallest absolute Gasteiger partial charge is 0.101 e. The summed E-state index contributed by atoms with van der Waals surface area (Å²) in [6.07, 6.45) is 3.44. The average molecular weight is 288 g/mol. The minimum absolute atomic E-state index is 0.733. The number of benzene rings is 1. The number of hydrogen-bond acceptors (Lipinski definition) is 2. The van der Waals surface area contributed by atoms with Gasteiger partial charge in [-0.15, -0.1) is 0 Å². The molecule has 0 spiro atoms. The first-order chi connectivity index (χ1) is 7.25. The number of amidine groups is 1. The van der Waals surface area contributed by atoms with E-state index in [1.54, 1.807) is 0 Å². The molecule has 0 radical (unpaired) electrons. The maximum atomic E-state index is 5.93. The molecule has 1 aromatic carbocycles. The Labute approximate surface area is 103 Å². The van der Waals surface area contributed by atoms with E-state index < -0.39 is 0 Å². The van der Waals surface area contributed by atoms with Crippen molar-refractivity contribution in [2.45, 2.75) is 19.3 Å². The van der Waals surface area contributed by atoms with Crippen LogP contribution in [0.4, 0.5) is 5.69 Å². The maximum Gasteiger partial charge on any atom is 0.101 e. The van der Waals surface area contributed by atoms with E-state index in [9.17, 15) is 0 Å². The van der Waals surface area contributed by atoms with E-state index in [1.807, 2.05) is 18.2 Å². The van der Waals surface area contributed by atoms with Gasteiger partial charge in [0.15, 0.2) is 0 Å². The molecule has 0 saturated heterocycles. The van der Waals surface area contributed by atoms with E-state index in [0.29, 0.717) is 0 Å². The summed E-state index contributed by atoms with van der Waals surface area (Å²) in [4.78, 5) is 4.44. The quantitative estimate of drug-likeness (QED) is 0.826. The Morgan fingerprint density at radius 3 is 2.93 bits per heavy atom. The Morgan fingerprint density at radius 1 is 1.33 bits per heavy atom. The van der Waals surface area contributed by atoms with Crippen molar-refractivity contribution in [1.82, 2.24) is 0 Å². The highest BCUT2D eigenvalue weighted by Gasteiger charge is 2.07. The molecule has 15 heavy (non-hydrogen) atoms. The van der Waals surface area contributed by atoms with Gasteiger partial charge < -0.3 is 5.32 Å². The minimum Gasteiger partial charge on any atom is -0.343 e. The first-order valence-electron chi connectivity index (χ1n) is 5.01. The second-order valence-electron chi connectivity index (χ2n) is 3.53. The average Bonchev–Trinajstić information content (AvgIpc) is 2.25. The summed E-state index contributed by atoms with van der Waals surface area (Å²) in [5.74, 6) is 1.06. The van der Waals surface area contributed by atoms with Crippen LogP contribution in [0.2, 0.25) is 5.02 Å². The van der Waals surface area contributed by atoms with Gasteiger partial charge in [-0.25, -0.2) is 0 Å². The predicted octanol–water partition coefficient (Wildman–Crippen LogP) is 4.10. The van der Waals surface area contributed by atoms with E-state index >= 15 is 0 Å². The number of aliphatic imine (C=N–C) groups is 1. The number of nitrogens with zero attached hydrogens (tertiary/aromatic N) is 1. The van der Waals surface area contributed by atoms with Crippen LogP contribution in [-0.4, -0.2) is 12.4 Å². The lowest BCUT2D eigenvalue weighted by molar-refractivity contribution is 0.737. The van der Waals surface area contributed by atoms with Crippen LogP contribution in [0.1, 0.15) is 19.3 Å². The van der Waals surface area contributed by atoms with Crippen LogP contribution < -0.4 is 5.32 Å². The van der Waals surface area contributed by atoms with Crippen LogP contribution in [0.3, 0.4) is 0 Å². The molecule has 2 nitrogen and oxygen atoms in total.